The molecule has 10 heteroatoms. The summed E-state index contributed by atoms with van der Waals surface area (Å²) in [5.74, 6) is 0. The van der Waals surface area contributed by atoms with Gasteiger partial charge in [-0.15, -0.1) is 0 Å². The van der Waals surface area contributed by atoms with Crippen molar-refractivity contribution in [3.8, 4) is 0 Å². The maximum Gasteiger partial charge on any atom is 0.416 e. The fraction of sp³-hybridized carbons (Fsp3) is 0.211. The molecule has 2 aromatic carbocycles. The molecule has 3 aromatic rings. The number of carbonyl (C=O) groups is 1. The molecule has 0 aliphatic rings. The minimum absolute atomic E-state index is 0.0591. The maximum absolute atomic E-state index is 12.9. The van der Waals surface area contributed by atoms with Gasteiger partial charge in [-0.1, -0.05) is 0 Å². The third-order valence-electron chi connectivity index (χ3n) is 4.54. The Labute approximate surface area is 164 Å². The summed E-state index contributed by atoms with van der Waals surface area (Å²) in [5.41, 5.74) is 1.29. The first kappa shape index (κ1) is 20.7. The molecule has 0 saturated carbocycles. The minimum Gasteiger partial charge on any atom is -0.465 e. The number of benzene rings is 2. The predicted octanol–water partition coefficient (Wildman–Crippen LogP) is 4.14. The van der Waals surface area contributed by atoms with Crippen LogP contribution in [-0.4, -0.2) is 31.1 Å². The quantitative estimate of drug-likeness (QED) is 0.571. The molecule has 6 nitrogen and oxygen atoms in total. The van der Waals surface area contributed by atoms with Crippen molar-refractivity contribution in [1.29, 1.82) is 0 Å². The molecule has 3 rings (SSSR count). The van der Waals surface area contributed by atoms with Crippen LogP contribution in [0.1, 0.15) is 16.8 Å². The molecule has 154 valence electrons. The van der Waals surface area contributed by atoms with Crippen molar-refractivity contribution in [2.75, 3.05) is 6.54 Å². The van der Waals surface area contributed by atoms with Gasteiger partial charge in [0.15, 0.2) is 0 Å². The molecule has 1 aromatic heterocycles. The molecule has 3 N–H and O–H groups in total. The van der Waals surface area contributed by atoms with Gasteiger partial charge in [-0.25, -0.2) is 13.2 Å². The lowest BCUT2D eigenvalue weighted by atomic mass is 10.1. The van der Waals surface area contributed by atoms with E-state index in [4.69, 9.17) is 5.11 Å². The van der Waals surface area contributed by atoms with Gasteiger partial charge in [0.1, 0.15) is 0 Å². The molecule has 0 atom stereocenters. The molecule has 29 heavy (non-hydrogen) atoms. The lowest BCUT2D eigenvalue weighted by Crippen LogP contribution is -2.23. The SMILES string of the molecule is Cc1[nH]c2ccc(S(=O)(=O)c3ccc(C(F)(F)F)cc3)cc2c1CCNC(=O)O. The second kappa shape index (κ2) is 7.43. The Balaban J connectivity index is 1.99. The van der Waals surface area contributed by atoms with Crippen molar-refractivity contribution in [3.63, 3.8) is 0 Å². The Morgan fingerprint density at radius 2 is 1.72 bits per heavy atom. The van der Waals surface area contributed by atoms with Crippen molar-refractivity contribution in [2.24, 2.45) is 0 Å². The number of sulfone groups is 1. The molecular weight excluding hydrogens is 409 g/mol. The molecule has 0 spiro atoms. The molecule has 1 heterocycles. The van der Waals surface area contributed by atoms with Crippen LogP contribution in [0.2, 0.25) is 0 Å². The Kier molecular flexibility index (Phi) is 5.31. The molecule has 1 amide bonds. The second-order valence-corrected chi connectivity index (χ2v) is 8.39. The van der Waals surface area contributed by atoms with E-state index in [0.717, 1.165) is 35.5 Å². The Morgan fingerprint density at radius 3 is 2.31 bits per heavy atom. The average Bonchev–Trinajstić information content (AvgIpc) is 2.95. The van der Waals surface area contributed by atoms with Gasteiger partial charge in [0.05, 0.1) is 15.4 Å². The number of rotatable bonds is 5. The molecule has 0 saturated heterocycles. The number of aromatic amines is 1. The monoisotopic (exact) mass is 426 g/mol. The Bertz CT molecular complexity index is 1170. The third-order valence-corrected chi connectivity index (χ3v) is 6.31. The molecule has 0 radical (unpaired) electrons. The summed E-state index contributed by atoms with van der Waals surface area (Å²) in [6.45, 7) is 1.94. The number of H-pyrrole nitrogens is 1. The summed E-state index contributed by atoms with van der Waals surface area (Å²) in [7, 11) is -4.03. The van der Waals surface area contributed by atoms with E-state index in [9.17, 15) is 26.4 Å². The van der Waals surface area contributed by atoms with E-state index in [2.05, 4.69) is 10.3 Å². The van der Waals surface area contributed by atoms with Gasteiger partial charge < -0.3 is 15.4 Å². The number of aromatic nitrogens is 1. The Hall–Kier alpha value is -3.01. The minimum atomic E-state index is -4.55. The van der Waals surface area contributed by atoms with Crippen LogP contribution in [0, 0.1) is 6.92 Å². The number of hydrogen-bond acceptors (Lipinski definition) is 3. The maximum atomic E-state index is 12.9. The number of alkyl halides is 3. The zero-order valence-electron chi connectivity index (χ0n) is 15.2. The topological polar surface area (TPSA) is 99.3 Å². The molecule has 0 bridgehead atoms. The van der Waals surface area contributed by atoms with Gasteiger partial charge in [-0.05, 0) is 61.4 Å². The highest BCUT2D eigenvalue weighted by atomic mass is 32.2. The smallest absolute Gasteiger partial charge is 0.416 e. The Morgan fingerprint density at radius 1 is 1.10 bits per heavy atom. The number of fused-ring (bicyclic) bond motifs is 1. The van der Waals surface area contributed by atoms with Crippen molar-refractivity contribution < 1.29 is 31.5 Å². The van der Waals surface area contributed by atoms with E-state index in [-0.39, 0.29) is 16.3 Å². The first-order chi connectivity index (χ1) is 13.5. The van der Waals surface area contributed by atoms with Crippen LogP contribution in [0.5, 0.6) is 0 Å². The molecule has 0 aliphatic heterocycles. The highest BCUT2D eigenvalue weighted by Gasteiger charge is 2.31. The highest BCUT2D eigenvalue weighted by Crippen LogP contribution is 2.32. The van der Waals surface area contributed by atoms with Crippen molar-refractivity contribution in [2.45, 2.75) is 29.3 Å². The number of carboxylic acid groups (broad SMARTS) is 1. The number of halogens is 3. The fourth-order valence-corrected chi connectivity index (χ4v) is 4.39. The van der Waals surface area contributed by atoms with Gasteiger partial charge in [-0.3, -0.25) is 0 Å². The van der Waals surface area contributed by atoms with Crippen LogP contribution in [0.4, 0.5) is 18.0 Å². The highest BCUT2D eigenvalue weighted by molar-refractivity contribution is 7.91. The summed E-state index contributed by atoms with van der Waals surface area (Å²) in [6.07, 6.45) is -5.36. The summed E-state index contributed by atoms with van der Waals surface area (Å²) in [5, 5.41) is 11.6. The summed E-state index contributed by atoms with van der Waals surface area (Å²) in [4.78, 5) is 13.4. The molecule has 0 aliphatic carbocycles. The van der Waals surface area contributed by atoms with E-state index >= 15 is 0 Å². The summed E-state index contributed by atoms with van der Waals surface area (Å²) >= 11 is 0. The van der Waals surface area contributed by atoms with E-state index in [0.29, 0.717) is 17.3 Å². The van der Waals surface area contributed by atoms with Crippen molar-refractivity contribution >= 4 is 26.8 Å². The first-order valence-electron chi connectivity index (χ1n) is 8.50. The van der Waals surface area contributed by atoms with Gasteiger partial charge in [0, 0.05) is 23.1 Å². The van der Waals surface area contributed by atoms with E-state index in [1.165, 1.54) is 12.1 Å². The normalized spacial score (nSPS) is 12.3. The molecule has 0 unspecified atom stereocenters. The van der Waals surface area contributed by atoms with E-state index in [1.54, 1.807) is 13.0 Å². The van der Waals surface area contributed by atoms with Crippen LogP contribution in [0.25, 0.3) is 10.9 Å². The van der Waals surface area contributed by atoms with Gasteiger partial charge >= 0.3 is 12.3 Å². The second-order valence-electron chi connectivity index (χ2n) is 6.44. The largest absolute Gasteiger partial charge is 0.465 e. The standard InChI is InChI=1S/C19H17F3N2O4S/c1-11-15(8-9-23-18(25)26)16-10-14(6-7-17(16)24-11)29(27,28)13-4-2-12(3-5-13)19(20,21)22/h2-7,10,23-24H,8-9H2,1H3,(H,25,26). The summed E-state index contributed by atoms with van der Waals surface area (Å²) in [6, 6.07) is 7.73. The summed E-state index contributed by atoms with van der Waals surface area (Å²) < 4.78 is 63.9. The number of aryl methyl sites for hydroxylation is 1. The van der Waals surface area contributed by atoms with Crippen LogP contribution in [0.3, 0.4) is 0 Å². The van der Waals surface area contributed by atoms with Crippen LogP contribution < -0.4 is 5.32 Å². The van der Waals surface area contributed by atoms with Crippen LogP contribution >= 0.6 is 0 Å². The van der Waals surface area contributed by atoms with Gasteiger partial charge in [0.25, 0.3) is 0 Å². The lowest BCUT2D eigenvalue weighted by molar-refractivity contribution is -0.137. The fourth-order valence-electron chi connectivity index (χ4n) is 3.10. The molecular formula is C19H17F3N2O4S. The van der Waals surface area contributed by atoms with Crippen LogP contribution in [-0.2, 0) is 22.4 Å². The van der Waals surface area contributed by atoms with E-state index in [1.807, 2.05) is 0 Å². The first-order valence-corrected chi connectivity index (χ1v) is 9.99. The van der Waals surface area contributed by atoms with Gasteiger partial charge in [0.2, 0.25) is 9.84 Å². The van der Waals surface area contributed by atoms with Crippen molar-refractivity contribution in [3.05, 3.63) is 59.3 Å². The average molecular weight is 426 g/mol. The number of amides is 1. The van der Waals surface area contributed by atoms with Gasteiger partial charge in [-0.2, -0.15) is 13.2 Å². The van der Waals surface area contributed by atoms with Crippen molar-refractivity contribution in [1.82, 2.24) is 10.3 Å². The third kappa shape index (κ3) is 4.21. The lowest BCUT2D eigenvalue weighted by Gasteiger charge is -2.09. The zero-order valence-corrected chi connectivity index (χ0v) is 16.0. The molecule has 0 fully saturated rings. The predicted molar refractivity (Wildman–Crippen MR) is 99.7 cm³/mol. The van der Waals surface area contributed by atoms with E-state index < -0.39 is 27.7 Å². The van der Waals surface area contributed by atoms with Crippen LogP contribution in [0.15, 0.2) is 52.3 Å². The number of nitrogens with one attached hydrogen (secondary N) is 2. The number of hydrogen-bond donors (Lipinski definition) is 3. The zero-order chi connectivity index (χ0) is 21.4.